The van der Waals surface area contributed by atoms with Crippen LogP contribution >= 0.6 is 0 Å². The quantitative estimate of drug-likeness (QED) is 0.172. The van der Waals surface area contributed by atoms with Gasteiger partial charge in [0.05, 0.1) is 6.10 Å². The van der Waals surface area contributed by atoms with Crippen molar-refractivity contribution in [2.24, 2.45) is 33.5 Å². The van der Waals surface area contributed by atoms with Gasteiger partial charge in [-0.1, -0.05) is 60.8 Å². The summed E-state index contributed by atoms with van der Waals surface area (Å²) in [6.07, 6.45) is 19.7. The molecule has 0 amide bonds. The molecule has 0 aromatic carbocycles. The Labute approximate surface area is 281 Å². The number of rotatable bonds is 6. The number of aliphatic hydroxyl groups excluding tert-OH is 1. The van der Waals surface area contributed by atoms with E-state index in [-0.39, 0.29) is 39.3 Å². The van der Waals surface area contributed by atoms with Crippen LogP contribution in [0.3, 0.4) is 0 Å². The molecule has 254 valence electrons. The van der Waals surface area contributed by atoms with Crippen molar-refractivity contribution in [2.75, 3.05) is 0 Å². The second-order valence-electron chi connectivity index (χ2n) is 18.3. The zero-order valence-corrected chi connectivity index (χ0v) is 31.5. The lowest BCUT2D eigenvalue weighted by Gasteiger charge is -2.44. The Morgan fingerprint density at radius 3 is 1.96 bits per heavy atom. The van der Waals surface area contributed by atoms with Crippen LogP contribution in [0.25, 0.3) is 0 Å². The second-order valence-corrected chi connectivity index (χ2v) is 22.7. The minimum absolute atomic E-state index is 0.109. The number of fused-ring (bicyclic) bond motifs is 2. The summed E-state index contributed by atoms with van der Waals surface area (Å²) >= 11 is 0. The Morgan fingerprint density at radius 2 is 1.39 bits per heavy atom. The van der Waals surface area contributed by atoms with E-state index < -0.39 is 13.9 Å². The number of hydrogen-bond donors (Lipinski definition) is 2. The van der Waals surface area contributed by atoms with Gasteiger partial charge in [0.25, 0.3) is 0 Å². The SMILES string of the molecule is CC(C)(C#CCC1(C2=CCC3C(=O)CCC[C@]23C)CC1)O[Si](C)(C)C.CC(C)(O)C#CCC1(C2=CCC3[C@@H](O)CCC[C@]23C)CC1. The standard InChI is InChI=1S/C22H34O2Si.C19H28O2/c1-20(2,24-25(4,5)6)12-8-14-22(15-16-22)19-11-10-17-18(23)9-7-13-21(17,19)3;1-17(2,21)9-5-11-19(12-13-19)16-8-7-14-15(20)6-4-10-18(14,16)3/h11,17H,7,9-10,13-16H2,1-6H3;8,14-15,20-21H,4,6-7,10-13H2,1-3H3/t17?,21-;14?,15-,18-/m00/s1. The molecule has 6 aliphatic rings. The van der Waals surface area contributed by atoms with E-state index in [0.29, 0.717) is 11.7 Å². The lowest BCUT2D eigenvalue weighted by molar-refractivity contribution is -0.128. The number of carbonyl (C=O) groups is 1. The van der Waals surface area contributed by atoms with Crippen LogP contribution in [-0.4, -0.2) is 41.6 Å². The minimum atomic E-state index is -1.59. The van der Waals surface area contributed by atoms with Crippen LogP contribution in [0, 0.1) is 57.2 Å². The van der Waals surface area contributed by atoms with Crippen LogP contribution in [0.5, 0.6) is 0 Å². The molecule has 0 radical (unpaired) electrons. The Balaban J connectivity index is 0.000000184. The van der Waals surface area contributed by atoms with Crippen LogP contribution in [0.4, 0.5) is 0 Å². The number of hydrogen-bond acceptors (Lipinski definition) is 4. The Kier molecular flexibility index (Phi) is 9.58. The van der Waals surface area contributed by atoms with Crippen molar-refractivity contribution in [3.05, 3.63) is 23.3 Å². The molecule has 5 atom stereocenters. The van der Waals surface area contributed by atoms with Crippen molar-refractivity contribution < 1.29 is 19.4 Å². The van der Waals surface area contributed by atoms with E-state index in [4.69, 9.17) is 4.43 Å². The molecular formula is C41H62O4Si. The van der Waals surface area contributed by atoms with Gasteiger partial charge in [-0.05, 0) is 135 Å². The first-order valence-corrected chi connectivity index (χ1v) is 21.7. The van der Waals surface area contributed by atoms with E-state index in [1.165, 1.54) is 38.5 Å². The van der Waals surface area contributed by atoms with Crippen LogP contribution in [0.2, 0.25) is 19.6 Å². The first-order chi connectivity index (χ1) is 21.2. The van der Waals surface area contributed by atoms with Gasteiger partial charge in [0.2, 0.25) is 0 Å². The highest BCUT2D eigenvalue weighted by Crippen LogP contribution is 2.67. The maximum Gasteiger partial charge on any atom is 0.185 e. The zero-order valence-electron chi connectivity index (χ0n) is 30.5. The lowest BCUT2D eigenvalue weighted by Crippen LogP contribution is -2.40. The molecule has 5 heteroatoms. The fourth-order valence-corrected chi connectivity index (χ4v) is 11.5. The molecule has 0 aromatic heterocycles. The number of ketones is 1. The molecule has 4 saturated carbocycles. The number of carbonyl (C=O) groups excluding carboxylic acids is 1. The van der Waals surface area contributed by atoms with Crippen molar-refractivity contribution >= 4 is 14.1 Å². The van der Waals surface area contributed by atoms with Crippen LogP contribution < -0.4 is 0 Å². The Bertz CT molecular complexity index is 1370. The van der Waals surface area contributed by atoms with Crippen molar-refractivity contribution in [3.8, 4) is 23.7 Å². The fourth-order valence-electron chi connectivity index (χ4n) is 9.91. The van der Waals surface area contributed by atoms with Gasteiger partial charge >= 0.3 is 0 Å². The summed E-state index contributed by atoms with van der Waals surface area (Å²) in [6.45, 7) is 19.0. The van der Waals surface area contributed by atoms with E-state index in [9.17, 15) is 15.0 Å². The highest BCUT2D eigenvalue weighted by Gasteiger charge is 2.58. The fraction of sp³-hybridized carbons (Fsp3) is 0.780. The Morgan fingerprint density at radius 1 is 0.848 bits per heavy atom. The predicted octanol–water partition coefficient (Wildman–Crippen LogP) is 8.92. The van der Waals surface area contributed by atoms with E-state index in [1.807, 2.05) is 0 Å². The predicted molar refractivity (Wildman–Crippen MR) is 190 cm³/mol. The molecule has 2 unspecified atom stereocenters. The number of aliphatic hydroxyl groups is 2. The highest BCUT2D eigenvalue weighted by atomic mass is 28.4. The first kappa shape index (κ1) is 35.7. The third-order valence-electron chi connectivity index (χ3n) is 12.2. The van der Waals surface area contributed by atoms with Crippen LogP contribution in [-0.2, 0) is 9.22 Å². The van der Waals surface area contributed by atoms with Gasteiger partial charge < -0.3 is 14.6 Å². The van der Waals surface area contributed by atoms with Crippen LogP contribution in [0.1, 0.15) is 131 Å². The van der Waals surface area contributed by atoms with Crippen molar-refractivity contribution in [1.82, 2.24) is 0 Å². The monoisotopic (exact) mass is 646 g/mol. The summed E-state index contributed by atoms with van der Waals surface area (Å²) in [6, 6.07) is 0. The summed E-state index contributed by atoms with van der Waals surface area (Å²) < 4.78 is 6.21. The van der Waals surface area contributed by atoms with E-state index in [0.717, 1.165) is 51.4 Å². The summed E-state index contributed by atoms with van der Waals surface area (Å²) in [5.41, 5.74) is 2.68. The van der Waals surface area contributed by atoms with Gasteiger partial charge in [0.1, 0.15) is 17.0 Å². The summed E-state index contributed by atoms with van der Waals surface area (Å²) in [5, 5.41) is 20.1. The first-order valence-electron chi connectivity index (χ1n) is 18.3. The largest absolute Gasteiger partial charge is 0.402 e. The molecule has 0 bridgehead atoms. The average molecular weight is 647 g/mol. The lowest BCUT2D eigenvalue weighted by atomic mass is 9.62. The van der Waals surface area contributed by atoms with Gasteiger partial charge in [0, 0.05) is 36.0 Å². The summed E-state index contributed by atoms with van der Waals surface area (Å²) in [4.78, 5) is 12.4. The van der Waals surface area contributed by atoms with Crippen molar-refractivity contribution in [1.29, 1.82) is 0 Å². The van der Waals surface area contributed by atoms with E-state index >= 15 is 0 Å². The van der Waals surface area contributed by atoms with Crippen molar-refractivity contribution in [2.45, 2.75) is 168 Å². The molecule has 0 heterocycles. The average Bonchev–Trinajstić information content (AvgIpc) is 3.79. The van der Waals surface area contributed by atoms with E-state index in [1.54, 1.807) is 25.0 Å². The third-order valence-corrected chi connectivity index (χ3v) is 13.3. The summed E-state index contributed by atoms with van der Waals surface area (Å²) in [7, 11) is -1.59. The zero-order chi connectivity index (χ0) is 33.8. The van der Waals surface area contributed by atoms with Crippen molar-refractivity contribution in [3.63, 3.8) is 0 Å². The van der Waals surface area contributed by atoms with Crippen LogP contribution in [0.15, 0.2) is 23.3 Å². The Hall–Kier alpha value is -1.63. The molecule has 6 rings (SSSR count). The minimum Gasteiger partial charge on any atom is -0.402 e. The van der Waals surface area contributed by atoms with Gasteiger partial charge in [-0.3, -0.25) is 4.79 Å². The molecule has 0 spiro atoms. The number of allylic oxidation sites excluding steroid dienone is 4. The van der Waals surface area contributed by atoms with Gasteiger partial charge in [-0.15, -0.1) is 0 Å². The normalized spacial score (nSPS) is 33.9. The second kappa shape index (κ2) is 12.4. The molecule has 2 N–H and O–H groups in total. The molecule has 4 nitrogen and oxygen atoms in total. The maximum absolute atomic E-state index is 12.4. The molecule has 46 heavy (non-hydrogen) atoms. The molecular weight excluding hydrogens is 585 g/mol. The molecule has 0 aliphatic heterocycles. The van der Waals surface area contributed by atoms with Gasteiger partial charge in [-0.2, -0.15) is 0 Å². The molecule has 0 aromatic rings. The highest BCUT2D eigenvalue weighted by molar-refractivity contribution is 6.69. The smallest absolute Gasteiger partial charge is 0.185 e. The maximum atomic E-state index is 12.4. The van der Waals surface area contributed by atoms with Gasteiger partial charge in [0.15, 0.2) is 8.32 Å². The van der Waals surface area contributed by atoms with Gasteiger partial charge in [-0.25, -0.2) is 0 Å². The molecule has 0 saturated heterocycles. The topological polar surface area (TPSA) is 66.8 Å². The number of Topliss-reactive ketones (excluding diaryl/α,β-unsaturated/α-hetero) is 1. The summed E-state index contributed by atoms with van der Waals surface area (Å²) in [5.74, 6) is 14.2. The van der Waals surface area contributed by atoms with E-state index in [2.05, 4.69) is 83.2 Å². The molecule has 6 aliphatic carbocycles. The third kappa shape index (κ3) is 7.49. The molecule has 4 fully saturated rings.